The minimum Gasteiger partial charge on any atom is -0.337 e. The first kappa shape index (κ1) is 13.9. The lowest BCUT2D eigenvalue weighted by molar-refractivity contribution is 0.0786. The van der Waals surface area contributed by atoms with Crippen LogP contribution >= 0.6 is 12.4 Å². The number of benzene rings is 1. The van der Waals surface area contributed by atoms with Gasteiger partial charge in [-0.1, -0.05) is 6.07 Å². The third-order valence-corrected chi connectivity index (χ3v) is 2.87. The maximum Gasteiger partial charge on any atom is 0.256 e. The number of carbonyl (C=O) groups is 1. The van der Waals surface area contributed by atoms with Crippen LogP contribution in [0.1, 0.15) is 22.3 Å². The third kappa shape index (κ3) is 2.96. The minimum atomic E-state index is -0.453. The molecule has 1 aliphatic heterocycles. The Morgan fingerprint density at radius 1 is 1.53 bits per heavy atom. The summed E-state index contributed by atoms with van der Waals surface area (Å²) in [7, 11) is 0. The number of nitrogens with two attached hydrogens (primary N) is 1. The molecular weight excluding hydrogens is 243 g/mol. The molecule has 94 valence electrons. The largest absolute Gasteiger partial charge is 0.337 e. The van der Waals surface area contributed by atoms with Gasteiger partial charge in [0.2, 0.25) is 0 Å². The lowest BCUT2D eigenvalue weighted by atomic mass is 10.1. The molecule has 1 heterocycles. The molecule has 0 aliphatic carbocycles. The highest BCUT2D eigenvalue weighted by Gasteiger charge is 2.26. The molecule has 3 nitrogen and oxygen atoms in total. The Hall–Kier alpha value is -1.13. The van der Waals surface area contributed by atoms with Crippen molar-refractivity contribution in [3.8, 4) is 0 Å². The van der Waals surface area contributed by atoms with Crippen molar-refractivity contribution in [2.45, 2.75) is 19.4 Å². The molecule has 0 bridgehead atoms. The normalized spacial score (nSPS) is 19.0. The van der Waals surface area contributed by atoms with E-state index in [-0.39, 0.29) is 29.9 Å². The van der Waals surface area contributed by atoms with Gasteiger partial charge in [0.15, 0.2) is 0 Å². The third-order valence-electron chi connectivity index (χ3n) is 2.87. The van der Waals surface area contributed by atoms with E-state index in [2.05, 4.69) is 0 Å². The molecule has 0 aromatic heterocycles. The van der Waals surface area contributed by atoms with Gasteiger partial charge in [-0.3, -0.25) is 4.79 Å². The van der Waals surface area contributed by atoms with Crippen molar-refractivity contribution >= 4 is 18.3 Å². The van der Waals surface area contributed by atoms with Crippen LogP contribution in [0.25, 0.3) is 0 Å². The van der Waals surface area contributed by atoms with Crippen LogP contribution in [-0.2, 0) is 0 Å². The molecule has 1 aliphatic rings. The topological polar surface area (TPSA) is 46.3 Å². The molecule has 17 heavy (non-hydrogen) atoms. The van der Waals surface area contributed by atoms with Gasteiger partial charge < -0.3 is 10.6 Å². The molecule has 1 atom stereocenters. The van der Waals surface area contributed by atoms with Crippen LogP contribution in [0.15, 0.2) is 18.2 Å². The summed E-state index contributed by atoms with van der Waals surface area (Å²) < 4.78 is 13.6. The quantitative estimate of drug-likeness (QED) is 0.834. The van der Waals surface area contributed by atoms with Crippen molar-refractivity contribution in [3.05, 3.63) is 35.1 Å². The summed E-state index contributed by atoms with van der Waals surface area (Å²) >= 11 is 0. The van der Waals surface area contributed by atoms with Crippen molar-refractivity contribution in [2.24, 2.45) is 5.73 Å². The number of amides is 1. The highest BCUT2D eigenvalue weighted by molar-refractivity contribution is 5.94. The van der Waals surface area contributed by atoms with Gasteiger partial charge in [0.25, 0.3) is 5.91 Å². The second kappa shape index (κ2) is 5.47. The molecule has 0 radical (unpaired) electrons. The predicted octanol–water partition coefficient (Wildman–Crippen LogP) is 1.73. The van der Waals surface area contributed by atoms with E-state index in [9.17, 15) is 9.18 Å². The summed E-state index contributed by atoms with van der Waals surface area (Å²) in [4.78, 5) is 13.6. The summed E-state index contributed by atoms with van der Waals surface area (Å²) in [6.45, 7) is 2.93. The standard InChI is InChI=1S/C12H15FN2O.ClH/c1-8-2-3-10(11(13)6-8)12(16)15-5-4-9(14)7-15;/h2-3,6,9H,4-5,7,14H2,1H3;1H/t9-;/m1./s1. The average molecular weight is 259 g/mol. The summed E-state index contributed by atoms with van der Waals surface area (Å²) in [6, 6.07) is 4.68. The van der Waals surface area contributed by atoms with Gasteiger partial charge in [0.1, 0.15) is 5.82 Å². The molecule has 2 N–H and O–H groups in total. The van der Waals surface area contributed by atoms with Crippen LogP contribution in [0, 0.1) is 12.7 Å². The summed E-state index contributed by atoms with van der Waals surface area (Å²) in [6.07, 6.45) is 0.791. The van der Waals surface area contributed by atoms with Crippen LogP contribution in [0.5, 0.6) is 0 Å². The fourth-order valence-electron chi connectivity index (χ4n) is 1.94. The number of nitrogens with zero attached hydrogens (tertiary/aromatic N) is 1. The van der Waals surface area contributed by atoms with Gasteiger partial charge in [-0.05, 0) is 31.0 Å². The summed E-state index contributed by atoms with van der Waals surface area (Å²) in [5.41, 5.74) is 6.67. The summed E-state index contributed by atoms with van der Waals surface area (Å²) in [5, 5.41) is 0. The number of halogens is 2. The van der Waals surface area contributed by atoms with Crippen molar-refractivity contribution in [1.82, 2.24) is 4.90 Å². The number of likely N-dealkylation sites (tertiary alicyclic amines) is 1. The van der Waals surface area contributed by atoms with E-state index in [0.717, 1.165) is 12.0 Å². The Morgan fingerprint density at radius 3 is 2.76 bits per heavy atom. The van der Waals surface area contributed by atoms with E-state index >= 15 is 0 Å². The van der Waals surface area contributed by atoms with Crippen molar-refractivity contribution in [3.63, 3.8) is 0 Å². The molecule has 5 heteroatoms. The number of hydrogen-bond acceptors (Lipinski definition) is 2. The zero-order valence-corrected chi connectivity index (χ0v) is 10.5. The maximum atomic E-state index is 13.6. The minimum absolute atomic E-state index is 0. The van der Waals surface area contributed by atoms with Gasteiger partial charge in [0, 0.05) is 19.1 Å². The van der Waals surface area contributed by atoms with Gasteiger partial charge in [-0.2, -0.15) is 0 Å². The van der Waals surface area contributed by atoms with Crippen LogP contribution in [0.3, 0.4) is 0 Å². The maximum absolute atomic E-state index is 13.6. The van der Waals surface area contributed by atoms with Crippen molar-refractivity contribution in [2.75, 3.05) is 13.1 Å². The molecule has 1 aromatic carbocycles. The highest BCUT2D eigenvalue weighted by Crippen LogP contribution is 2.16. The monoisotopic (exact) mass is 258 g/mol. The SMILES string of the molecule is Cc1ccc(C(=O)N2CC[C@@H](N)C2)c(F)c1.Cl. The van der Waals surface area contributed by atoms with Gasteiger partial charge in [-0.25, -0.2) is 4.39 Å². The number of aryl methyl sites for hydroxylation is 1. The van der Waals surface area contributed by atoms with Gasteiger partial charge in [-0.15, -0.1) is 12.4 Å². The van der Waals surface area contributed by atoms with E-state index in [1.54, 1.807) is 17.9 Å². The van der Waals surface area contributed by atoms with Crippen molar-refractivity contribution in [1.29, 1.82) is 0 Å². The Balaban J connectivity index is 0.00000144. The van der Waals surface area contributed by atoms with Crippen LogP contribution in [0.4, 0.5) is 4.39 Å². The molecule has 1 fully saturated rings. The molecule has 1 saturated heterocycles. The van der Waals surface area contributed by atoms with Gasteiger partial charge >= 0.3 is 0 Å². The van der Waals surface area contributed by atoms with Crippen LogP contribution in [0.2, 0.25) is 0 Å². The smallest absolute Gasteiger partial charge is 0.256 e. The number of carbonyl (C=O) groups excluding carboxylic acids is 1. The Morgan fingerprint density at radius 2 is 2.24 bits per heavy atom. The van der Waals surface area contributed by atoms with Crippen LogP contribution < -0.4 is 5.73 Å². The predicted molar refractivity (Wildman–Crippen MR) is 66.9 cm³/mol. The second-order valence-electron chi connectivity index (χ2n) is 4.28. The highest BCUT2D eigenvalue weighted by atomic mass is 35.5. The van der Waals surface area contributed by atoms with Crippen LogP contribution in [-0.4, -0.2) is 29.9 Å². The van der Waals surface area contributed by atoms with Crippen molar-refractivity contribution < 1.29 is 9.18 Å². The zero-order chi connectivity index (χ0) is 11.7. The second-order valence-corrected chi connectivity index (χ2v) is 4.28. The first-order chi connectivity index (χ1) is 7.58. The molecule has 1 aromatic rings. The molecule has 1 amide bonds. The first-order valence-electron chi connectivity index (χ1n) is 5.39. The Labute approximate surface area is 106 Å². The zero-order valence-electron chi connectivity index (χ0n) is 9.65. The van der Waals surface area contributed by atoms with E-state index in [0.29, 0.717) is 13.1 Å². The summed E-state index contributed by atoms with van der Waals surface area (Å²) in [5.74, 6) is -0.712. The van der Waals surface area contributed by atoms with E-state index in [1.807, 2.05) is 0 Å². The van der Waals surface area contributed by atoms with E-state index < -0.39 is 5.82 Å². The molecular formula is C12H16ClFN2O. The van der Waals surface area contributed by atoms with Gasteiger partial charge in [0.05, 0.1) is 5.56 Å². The Bertz CT molecular complexity index is 425. The fraction of sp³-hybridized carbons (Fsp3) is 0.417. The van der Waals surface area contributed by atoms with E-state index in [4.69, 9.17) is 5.73 Å². The lowest BCUT2D eigenvalue weighted by Crippen LogP contribution is -2.32. The van der Waals surface area contributed by atoms with E-state index in [1.165, 1.54) is 12.1 Å². The average Bonchev–Trinajstić information content (AvgIpc) is 2.64. The number of hydrogen-bond donors (Lipinski definition) is 1. The lowest BCUT2D eigenvalue weighted by Gasteiger charge is -2.16. The fourth-order valence-corrected chi connectivity index (χ4v) is 1.94. The molecule has 0 spiro atoms. The molecule has 0 unspecified atom stereocenters. The Kier molecular flexibility index (Phi) is 4.48. The first-order valence-corrected chi connectivity index (χ1v) is 5.39. The molecule has 2 rings (SSSR count). The number of rotatable bonds is 1. The molecule has 0 saturated carbocycles.